The van der Waals surface area contributed by atoms with E-state index in [1.807, 2.05) is 12.1 Å². The molecule has 1 saturated heterocycles. The number of nitrogens with zero attached hydrogens (tertiary/aromatic N) is 1. The van der Waals surface area contributed by atoms with Crippen molar-refractivity contribution < 1.29 is 33.8 Å². The fraction of sp³-hybridized carbons (Fsp3) is 0.267. The van der Waals surface area contributed by atoms with Crippen molar-refractivity contribution >= 4 is 45.0 Å². The second kappa shape index (κ2) is 9.34. The zero-order chi connectivity index (χ0) is 27.6. The number of methoxy groups -OCH3 is 2. The van der Waals surface area contributed by atoms with Gasteiger partial charge in [0.25, 0.3) is 0 Å². The summed E-state index contributed by atoms with van der Waals surface area (Å²) in [4.78, 5) is 55.6. The molecular formula is C30H24BrNO7. The molecule has 1 aliphatic heterocycles. The van der Waals surface area contributed by atoms with Crippen LogP contribution in [0.25, 0.3) is 0 Å². The van der Waals surface area contributed by atoms with Gasteiger partial charge in [-0.3, -0.25) is 24.1 Å². The second-order valence-electron chi connectivity index (χ2n) is 10.0. The van der Waals surface area contributed by atoms with E-state index < -0.39 is 23.7 Å². The number of amides is 2. The molecule has 9 heteroatoms. The van der Waals surface area contributed by atoms with E-state index in [-0.39, 0.29) is 51.5 Å². The van der Waals surface area contributed by atoms with E-state index in [1.165, 1.54) is 37.3 Å². The minimum Gasteiger partial charge on any atom is -0.508 e. The van der Waals surface area contributed by atoms with Gasteiger partial charge in [-0.15, -0.1) is 0 Å². The number of hydrogen-bond donors (Lipinski definition) is 1. The molecular weight excluding hydrogens is 566 g/mol. The molecule has 2 amide bonds. The largest absolute Gasteiger partial charge is 0.508 e. The number of imide groups is 1. The van der Waals surface area contributed by atoms with Gasteiger partial charge in [-0.1, -0.05) is 29.8 Å². The number of ketones is 2. The third-order valence-electron chi connectivity index (χ3n) is 8.16. The number of allylic oxidation sites excluding steroid dienone is 6. The molecule has 1 fully saturated rings. The van der Waals surface area contributed by atoms with E-state index in [0.29, 0.717) is 28.8 Å². The smallest absolute Gasteiger partial charge is 0.238 e. The zero-order valence-electron chi connectivity index (χ0n) is 21.1. The van der Waals surface area contributed by atoms with Crippen LogP contribution >= 0.6 is 15.9 Å². The van der Waals surface area contributed by atoms with Crippen LogP contribution in [-0.4, -0.2) is 42.7 Å². The Balaban J connectivity index is 1.56. The van der Waals surface area contributed by atoms with Gasteiger partial charge in [0.15, 0.2) is 11.6 Å². The molecule has 1 N–H and O–H groups in total. The molecule has 8 nitrogen and oxygen atoms in total. The number of ether oxygens (including phenoxy) is 2. The average molecular weight is 590 g/mol. The Kier molecular flexibility index (Phi) is 6.06. The summed E-state index contributed by atoms with van der Waals surface area (Å²) in [6, 6.07) is 11.7. The maximum atomic E-state index is 13.9. The molecule has 39 heavy (non-hydrogen) atoms. The summed E-state index contributed by atoms with van der Waals surface area (Å²) < 4.78 is 11.4. The lowest BCUT2D eigenvalue weighted by Crippen LogP contribution is -2.39. The Hall–Kier alpha value is -3.98. The standard InChI is InChI=1S/C30H24BrNO7/c1-38-22-10-15(33)11-23(39-2)27(22)26-16-8-9-17-24(30(37)32(29(17)36)14-6-4-3-5-7-14)18(16)12-19-25(26)21(34)13-20(31)28(19)35/h3-8,10-11,13,17-18,24,26,33H,9,12H2,1-2H3/t17-,18+,24-,26-/m0/s1. The van der Waals surface area contributed by atoms with Crippen molar-refractivity contribution in [1.29, 1.82) is 0 Å². The van der Waals surface area contributed by atoms with Crippen molar-refractivity contribution in [2.75, 3.05) is 19.1 Å². The predicted molar refractivity (Wildman–Crippen MR) is 145 cm³/mol. The lowest BCUT2D eigenvalue weighted by atomic mass is 9.59. The summed E-state index contributed by atoms with van der Waals surface area (Å²) in [5, 5.41) is 10.3. The Labute approximate surface area is 232 Å². The molecule has 4 aliphatic rings. The minimum absolute atomic E-state index is 0.0875. The number of aromatic hydroxyl groups is 1. The summed E-state index contributed by atoms with van der Waals surface area (Å²) in [7, 11) is 2.89. The highest BCUT2D eigenvalue weighted by atomic mass is 79.9. The molecule has 3 aliphatic carbocycles. The lowest BCUT2D eigenvalue weighted by molar-refractivity contribution is -0.123. The number of para-hydroxylation sites is 1. The van der Waals surface area contributed by atoms with Crippen LogP contribution in [0.4, 0.5) is 5.69 Å². The van der Waals surface area contributed by atoms with Gasteiger partial charge in [-0.2, -0.15) is 0 Å². The van der Waals surface area contributed by atoms with Crippen molar-refractivity contribution in [3.63, 3.8) is 0 Å². The summed E-state index contributed by atoms with van der Waals surface area (Å²) in [5.41, 5.74) is 2.35. The number of Topliss-reactive ketones (excluding diaryl/α,β-unsaturated/α-hetero) is 1. The minimum atomic E-state index is -0.771. The van der Waals surface area contributed by atoms with Gasteiger partial charge in [0.1, 0.15) is 17.2 Å². The lowest BCUT2D eigenvalue weighted by Gasteiger charge is -2.42. The molecule has 1 heterocycles. The number of fused-ring (bicyclic) bond motifs is 3. The number of phenolic OH excluding ortho intramolecular Hbond substituents is 1. The van der Waals surface area contributed by atoms with Gasteiger partial charge in [0, 0.05) is 40.8 Å². The van der Waals surface area contributed by atoms with Gasteiger partial charge < -0.3 is 14.6 Å². The molecule has 4 atom stereocenters. The second-order valence-corrected chi connectivity index (χ2v) is 10.9. The van der Waals surface area contributed by atoms with E-state index >= 15 is 0 Å². The molecule has 0 bridgehead atoms. The Morgan fingerprint density at radius 3 is 2.26 bits per heavy atom. The molecule has 0 radical (unpaired) electrons. The van der Waals surface area contributed by atoms with Crippen molar-refractivity contribution in [2.24, 2.45) is 17.8 Å². The predicted octanol–water partition coefficient (Wildman–Crippen LogP) is 4.38. The topological polar surface area (TPSA) is 110 Å². The summed E-state index contributed by atoms with van der Waals surface area (Å²) >= 11 is 3.23. The molecule has 0 aromatic heterocycles. The average Bonchev–Trinajstić information content (AvgIpc) is 3.20. The Morgan fingerprint density at radius 2 is 1.62 bits per heavy atom. The first-order chi connectivity index (χ1) is 18.8. The molecule has 6 rings (SSSR count). The molecule has 0 saturated carbocycles. The van der Waals surface area contributed by atoms with Crippen LogP contribution in [0.15, 0.2) is 75.8 Å². The molecule has 2 aromatic carbocycles. The highest BCUT2D eigenvalue weighted by Crippen LogP contribution is 2.58. The maximum Gasteiger partial charge on any atom is 0.238 e. The zero-order valence-corrected chi connectivity index (χ0v) is 22.7. The van der Waals surface area contributed by atoms with Crippen LogP contribution in [0, 0.1) is 17.8 Å². The van der Waals surface area contributed by atoms with Crippen LogP contribution < -0.4 is 14.4 Å². The number of hydrogen-bond acceptors (Lipinski definition) is 7. The Morgan fingerprint density at radius 1 is 0.949 bits per heavy atom. The van der Waals surface area contributed by atoms with Crippen LogP contribution in [0.1, 0.15) is 24.3 Å². The van der Waals surface area contributed by atoms with Gasteiger partial charge in [0.05, 0.1) is 36.2 Å². The van der Waals surface area contributed by atoms with Crippen LogP contribution in [0.5, 0.6) is 17.2 Å². The van der Waals surface area contributed by atoms with E-state index in [4.69, 9.17) is 9.47 Å². The first-order valence-corrected chi connectivity index (χ1v) is 13.3. The van der Waals surface area contributed by atoms with Crippen molar-refractivity contribution in [3.8, 4) is 17.2 Å². The normalized spacial score (nSPS) is 26.1. The summed E-state index contributed by atoms with van der Waals surface area (Å²) in [6.07, 6.45) is 3.66. The first-order valence-electron chi connectivity index (χ1n) is 12.5. The summed E-state index contributed by atoms with van der Waals surface area (Å²) in [5.74, 6) is -3.33. The Bertz CT molecular complexity index is 1530. The fourth-order valence-corrected chi connectivity index (χ4v) is 7.03. The first kappa shape index (κ1) is 25.3. The number of benzene rings is 2. The monoisotopic (exact) mass is 589 g/mol. The van der Waals surface area contributed by atoms with Crippen molar-refractivity contribution in [2.45, 2.75) is 18.8 Å². The van der Waals surface area contributed by atoms with E-state index in [0.717, 1.165) is 5.57 Å². The number of phenols is 1. The van der Waals surface area contributed by atoms with E-state index in [1.54, 1.807) is 24.3 Å². The number of rotatable bonds is 4. The number of halogens is 1. The van der Waals surface area contributed by atoms with Crippen LogP contribution in [0.3, 0.4) is 0 Å². The summed E-state index contributed by atoms with van der Waals surface area (Å²) in [6.45, 7) is 0. The molecule has 0 spiro atoms. The van der Waals surface area contributed by atoms with Gasteiger partial charge in [0.2, 0.25) is 11.8 Å². The van der Waals surface area contributed by atoms with Crippen molar-refractivity contribution in [3.05, 3.63) is 81.4 Å². The van der Waals surface area contributed by atoms with Crippen molar-refractivity contribution in [1.82, 2.24) is 0 Å². The third-order valence-corrected chi connectivity index (χ3v) is 8.75. The fourth-order valence-electron chi connectivity index (χ4n) is 6.58. The quantitative estimate of drug-likeness (QED) is 0.320. The maximum absolute atomic E-state index is 13.9. The van der Waals surface area contributed by atoms with Gasteiger partial charge in [-0.25, -0.2) is 0 Å². The number of anilines is 1. The van der Waals surface area contributed by atoms with E-state index in [9.17, 15) is 24.3 Å². The van der Waals surface area contributed by atoms with E-state index in [2.05, 4.69) is 15.9 Å². The highest BCUT2D eigenvalue weighted by molar-refractivity contribution is 9.12. The SMILES string of the molecule is COc1cc(O)cc(OC)c1[C@H]1C2=CC[C@@H]3C(=O)N(c4ccccc4)C(=O)[C@@H]3[C@@H]2CC2=C1C(=O)C=C(Br)C2=O. The third kappa shape index (κ3) is 3.71. The molecule has 198 valence electrons. The highest BCUT2D eigenvalue weighted by Gasteiger charge is 2.57. The molecule has 0 unspecified atom stereocenters. The van der Waals surface area contributed by atoms with Gasteiger partial charge >= 0.3 is 0 Å². The number of carbonyl (C=O) groups is 4. The number of carbonyl (C=O) groups excluding carboxylic acids is 4. The molecule has 2 aromatic rings. The van der Waals surface area contributed by atoms with Gasteiger partial charge in [-0.05, 0) is 46.8 Å². The van der Waals surface area contributed by atoms with Crippen LogP contribution in [-0.2, 0) is 19.2 Å². The van der Waals surface area contributed by atoms with Crippen LogP contribution in [0.2, 0.25) is 0 Å².